The van der Waals surface area contributed by atoms with Crippen molar-refractivity contribution in [2.45, 2.75) is 32.7 Å². The first-order chi connectivity index (χ1) is 7.87. The van der Waals surface area contributed by atoms with Crippen LogP contribution in [0.4, 0.5) is 11.4 Å². The number of anilines is 2. The lowest BCUT2D eigenvalue weighted by Gasteiger charge is -2.18. The van der Waals surface area contributed by atoms with Crippen LogP contribution in [0.2, 0.25) is 0 Å². The van der Waals surface area contributed by atoms with E-state index in [1.54, 1.807) is 0 Å². The average molecular weight is 235 g/mol. The third-order valence-electron chi connectivity index (χ3n) is 2.30. The van der Waals surface area contributed by atoms with Crippen molar-refractivity contribution in [2.24, 2.45) is 5.73 Å². The van der Waals surface area contributed by atoms with E-state index < -0.39 is 0 Å². The molecular formula is C13H21N3O. The van der Waals surface area contributed by atoms with Gasteiger partial charge in [0.2, 0.25) is 5.91 Å². The lowest BCUT2D eigenvalue weighted by atomic mass is 10.0. The van der Waals surface area contributed by atoms with Gasteiger partial charge >= 0.3 is 0 Å². The van der Waals surface area contributed by atoms with Crippen molar-refractivity contribution in [3.05, 3.63) is 24.3 Å². The molecule has 0 heterocycles. The first-order valence-corrected chi connectivity index (χ1v) is 5.77. The number of hydrogen-bond acceptors (Lipinski definition) is 3. The Morgan fingerprint density at radius 1 is 1.24 bits per heavy atom. The number of carbonyl (C=O) groups is 1. The average Bonchev–Trinajstić information content (AvgIpc) is 2.18. The van der Waals surface area contributed by atoms with E-state index in [0.29, 0.717) is 0 Å². The van der Waals surface area contributed by atoms with Crippen LogP contribution in [0.5, 0.6) is 0 Å². The van der Waals surface area contributed by atoms with Crippen LogP contribution in [0.15, 0.2) is 24.3 Å². The zero-order valence-corrected chi connectivity index (χ0v) is 10.7. The van der Waals surface area contributed by atoms with Crippen LogP contribution in [0.3, 0.4) is 0 Å². The maximum atomic E-state index is 10.8. The Labute approximate surface area is 103 Å². The Bertz CT molecular complexity index is 365. The first-order valence-electron chi connectivity index (χ1n) is 5.77. The molecule has 0 unspecified atom stereocenters. The molecular weight excluding hydrogens is 214 g/mol. The summed E-state index contributed by atoms with van der Waals surface area (Å²) >= 11 is 0. The van der Waals surface area contributed by atoms with Gasteiger partial charge in [-0.25, -0.2) is 0 Å². The second-order valence-electron chi connectivity index (χ2n) is 4.92. The molecule has 0 fully saturated rings. The van der Waals surface area contributed by atoms with Crippen LogP contribution in [0.1, 0.15) is 27.2 Å². The van der Waals surface area contributed by atoms with Crippen molar-refractivity contribution < 1.29 is 4.79 Å². The predicted octanol–water partition coefficient (Wildman–Crippen LogP) is 2.18. The van der Waals surface area contributed by atoms with Gasteiger partial charge in [-0.15, -0.1) is 0 Å². The summed E-state index contributed by atoms with van der Waals surface area (Å²) in [5, 5.41) is 6.01. The summed E-state index contributed by atoms with van der Waals surface area (Å²) in [5.74, 6) is -0.0596. The standard InChI is InChI=1S/C13H21N3O/c1-10(17)16-12-6-4-11(5-7-12)15-9-8-13(2,3)14/h4-7,15H,8-9,14H2,1-3H3,(H,16,17). The monoisotopic (exact) mass is 235 g/mol. The van der Waals surface area contributed by atoms with Gasteiger partial charge in [-0.2, -0.15) is 0 Å². The van der Waals surface area contributed by atoms with Crippen molar-refractivity contribution in [1.29, 1.82) is 0 Å². The van der Waals surface area contributed by atoms with Crippen molar-refractivity contribution in [2.75, 3.05) is 17.2 Å². The number of carbonyl (C=O) groups excluding carboxylic acids is 1. The molecule has 0 saturated heterocycles. The Morgan fingerprint density at radius 3 is 2.24 bits per heavy atom. The van der Waals surface area contributed by atoms with Gasteiger partial charge in [-0.05, 0) is 44.5 Å². The zero-order valence-electron chi connectivity index (χ0n) is 10.7. The minimum absolute atomic E-state index is 0.0596. The molecule has 1 aromatic rings. The fourth-order valence-corrected chi connectivity index (χ4v) is 1.40. The van der Waals surface area contributed by atoms with E-state index in [4.69, 9.17) is 5.73 Å². The number of amides is 1. The van der Waals surface area contributed by atoms with E-state index >= 15 is 0 Å². The summed E-state index contributed by atoms with van der Waals surface area (Å²) in [7, 11) is 0. The van der Waals surface area contributed by atoms with Crippen LogP contribution in [0, 0.1) is 0 Å². The minimum atomic E-state index is -0.150. The van der Waals surface area contributed by atoms with Gasteiger partial charge < -0.3 is 16.4 Å². The molecule has 17 heavy (non-hydrogen) atoms. The molecule has 0 aromatic heterocycles. The Kier molecular flexibility index (Phi) is 4.52. The highest BCUT2D eigenvalue weighted by Crippen LogP contribution is 2.14. The van der Waals surface area contributed by atoms with Crippen LogP contribution in [0.25, 0.3) is 0 Å². The van der Waals surface area contributed by atoms with E-state index in [1.807, 2.05) is 38.1 Å². The van der Waals surface area contributed by atoms with Gasteiger partial charge in [0.25, 0.3) is 0 Å². The van der Waals surface area contributed by atoms with E-state index in [0.717, 1.165) is 24.3 Å². The maximum Gasteiger partial charge on any atom is 0.221 e. The quantitative estimate of drug-likeness (QED) is 0.733. The molecule has 0 aliphatic rings. The maximum absolute atomic E-state index is 10.8. The van der Waals surface area contributed by atoms with E-state index in [2.05, 4.69) is 10.6 Å². The second-order valence-corrected chi connectivity index (χ2v) is 4.92. The van der Waals surface area contributed by atoms with Gasteiger partial charge in [0.1, 0.15) is 0 Å². The molecule has 0 atom stereocenters. The third-order valence-corrected chi connectivity index (χ3v) is 2.30. The number of benzene rings is 1. The summed E-state index contributed by atoms with van der Waals surface area (Å²) < 4.78 is 0. The van der Waals surface area contributed by atoms with Gasteiger partial charge in [-0.1, -0.05) is 0 Å². The van der Waals surface area contributed by atoms with Gasteiger partial charge in [0.15, 0.2) is 0 Å². The summed E-state index contributed by atoms with van der Waals surface area (Å²) in [6.07, 6.45) is 0.903. The number of nitrogens with two attached hydrogens (primary N) is 1. The molecule has 1 aromatic carbocycles. The lowest BCUT2D eigenvalue weighted by Crippen LogP contribution is -2.34. The SMILES string of the molecule is CC(=O)Nc1ccc(NCCC(C)(C)N)cc1. The van der Waals surface area contributed by atoms with E-state index in [-0.39, 0.29) is 11.4 Å². The van der Waals surface area contributed by atoms with Gasteiger partial charge in [0.05, 0.1) is 0 Å². The molecule has 94 valence electrons. The highest BCUT2D eigenvalue weighted by Gasteiger charge is 2.09. The molecule has 1 rings (SSSR count). The van der Waals surface area contributed by atoms with Gasteiger partial charge in [-0.3, -0.25) is 4.79 Å². The molecule has 0 saturated carbocycles. The highest BCUT2D eigenvalue weighted by molar-refractivity contribution is 5.88. The molecule has 0 aliphatic heterocycles. The molecule has 4 N–H and O–H groups in total. The van der Waals surface area contributed by atoms with Gasteiger partial charge in [0, 0.05) is 30.4 Å². The smallest absolute Gasteiger partial charge is 0.221 e. The zero-order chi connectivity index (χ0) is 12.9. The highest BCUT2D eigenvalue weighted by atomic mass is 16.1. The largest absolute Gasteiger partial charge is 0.385 e. The fraction of sp³-hybridized carbons (Fsp3) is 0.462. The second kappa shape index (κ2) is 5.68. The minimum Gasteiger partial charge on any atom is -0.385 e. The molecule has 4 nitrogen and oxygen atoms in total. The molecule has 0 aliphatic carbocycles. The molecule has 0 bridgehead atoms. The molecule has 0 radical (unpaired) electrons. The number of nitrogens with one attached hydrogen (secondary N) is 2. The summed E-state index contributed by atoms with van der Waals surface area (Å²) in [6, 6.07) is 7.62. The van der Waals surface area contributed by atoms with Crippen LogP contribution in [-0.4, -0.2) is 18.0 Å². The van der Waals surface area contributed by atoms with Crippen molar-refractivity contribution >= 4 is 17.3 Å². The van der Waals surface area contributed by atoms with E-state index in [9.17, 15) is 4.79 Å². The summed E-state index contributed by atoms with van der Waals surface area (Å²) in [4.78, 5) is 10.8. The van der Waals surface area contributed by atoms with Crippen LogP contribution < -0.4 is 16.4 Å². The van der Waals surface area contributed by atoms with Crippen molar-refractivity contribution in [3.8, 4) is 0 Å². The molecule has 4 heteroatoms. The van der Waals surface area contributed by atoms with E-state index in [1.165, 1.54) is 6.92 Å². The molecule has 0 spiro atoms. The van der Waals surface area contributed by atoms with Crippen molar-refractivity contribution in [1.82, 2.24) is 0 Å². The first kappa shape index (κ1) is 13.5. The lowest BCUT2D eigenvalue weighted by molar-refractivity contribution is -0.114. The fourth-order valence-electron chi connectivity index (χ4n) is 1.40. The van der Waals surface area contributed by atoms with Crippen LogP contribution >= 0.6 is 0 Å². The summed E-state index contributed by atoms with van der Waals surface area (Å²) in [6.45, 7) is 6.35. The number of hydrogen-bond donors (Lipinski definition) is 3. The molecule has 1 amide bonds. The van der Waals surface area contributed by atoms with Crippen LogP contribution in [-0.2, 0) is 4.79 Å². The van der Waals surface area contributed by atoms with Crippen molar-refractivity contribution in [3.63, 3.8) is 0 Å². The Balaban J connectivity index is 2.43. The predicted molar refractivity (Wildman–Crippen MR) is 72.1 cm³/mol. The summed E-state index contributed by atoms with van der Waals surface area (Å²) in [5.41, 5.74) is 7.58. The Hall–Kier alpha value is -1.55. The number of rotatable bonds is 5. The Morgan fingerprint density at radius 2 is 1.76 bits per heavy atom. The third kappa shape index (κ3) is 5.92. The normalized spacial score (nSPS) is 11.1. The topological polar surface area (TPSA) is 67.2 Å².